The third kappa shape index (κ3) is 2.57. The zero-order valence-electron chi connectivity index (χ0n) is 10.4. The topological polar surface area (TPSA) is 41.3 Å². The molecule has 3 rings (SSSR count). The van der Waals surface area contributed by atoms with Gasteiger partial charge in [-0.1, -0.05) is 0 Å². The minimum Gasteiger partial charge on any atom is -0.467 e. The zero-order valence-corrected chi connectivity index (χ0v) is 11.2. The summed E-state index contributed by atoms with van der Waals surface area (Å²) < 4.78 is 5.44. The molecular weight excluding hydrogens is 246 g/mol. The van der Waals surface area contributed by atoms with Gasteiger partial charge in [0.25, 0.3) is 0 Å². The Kier molecular flexibility index (Phi) is 3.34. The molecule has 1 N–H and O–H groups in total. The number of rotatable bonds is 6. The lowest BCUT2D eigenvalue weighted by Crippen LogP contribution is -2.24. The average molecular weight is 263 g/mol. The van der Waals surface area contributed by atoms with Crippen molar-refractivity contribution >= 4 is 16.5 Å². The molecule has 2 aromatic heterocycles. The van der Waals surface area contributed by atoms with E-state index in [2.05, 4.69) is 15.2 Å². The number of nitrogens with zero attached hydrogens (tertiary/aromatic N) is 2. The Hall–Kier alpha value is -1.33. The van der Waals surface area contributed by atoms with Crippen LogP contribution in [0.25, 0.3) is 0 Å². The lowest BCUT2D eigenvalue weighted by Gasteiger charge is -2.19. The largest absolute Gasteiger partial charge is 0.467 e. The maximum absolute atomic E-state index is 5.44. The van der Waals surface area contributed by atoms with Crippen LogP contribution in [0.1, 0.15) is 23.5 Å². The second-order valence-corrected chi connectivity index (χ2v) is 5.67. The fourth-order valence-corrected chi connectivity index (χ4v) is 2.99. The SMILES string of the molecule is CNCc1cnc(N(Cc2ccco2)C2CC2)s1. The molecule has 0 aromatic carbocycles. The number of furan rings is 1. The van der Waals surface area contributed by atoms with E-state index in [0.717, 1.165) is 24.0 Å². The van der Waals surface area contributed by atoms with Crippen LogP contribution < -0.4 is 10.2 Å². The van der Waals surface area contributed by atoms with Crippen molar-refractivity contribution in [2.75, 3.05) is 11.9 Å². The molecule has 0 atom stereocenters. The second-order valence-electron chi connectivity index (χ2n) is 4.58. The van der Waals surface area contributed by atoms with E-state index in [-0.39, 0.29) is 0 Å². The van der Waals surface area contributed by atoms with Crippen molar-refractivity contribution in [3.63, 3.8) is 0 Å². The Bertz CT molecular complexity index is 490. The van der Waals surface area contributed by atoms with Gasteiger partial charge in [-0.05, 0) is 32.0 Å². The van der Waals surface area contributed by atoms with Gasteiger partial charge in [0.2, 0.25) is 0 Å². The van der Waals surface area contributed by atoms with Gasteiger partial charge < -0.3 is 14.6 Å². The van der Waals surface area contributed by atoms with Crippen LogP contribution >= 0.6 is 11.3 Å². The third-order valence-corrected chi connectivity index (χ3v) is 4.07. The number of hydrogen-bond donors (Lipinski definition) is 1. The van der Waals surface area contributed by atoms with E-state index in [0.29, 0.717) is 6.04 Å². The summed E-state index contributed by atoms with van der Waals surface area (Å²) in [5.41, 5.74) is 0. The molecule has 0 radical (unpaired) electrons. The normalized spacial score (nSPS) is 14.9. The molecule has 2 heterocycles. The molecule has 4 nitrogen and oxygen atoms in total. The smallest absolute Gasteiger partial charge is 0.186 e. The molecule has 0 saturated heterocycles. The molecule has 2 aromatic rings. The first kappa shape index (κ1) is 11.7. The third-order valence-electron chi connectivity index (χ3n) is 3.03. The van der Waals surface area contributed by atoms with Crippen LogP contribution in [0.2, 0.25) is 0 Å². The molecule has 1 aliphatic carbocycles. The summed E-state index contributed by atoms with van der Waals surface area (Å²) in [5.74, 6) is 1.01. The molecule has 96 valence electrons. The van der Waals surface area contributed by atoms with Crippen molar-refractivity contribution in [1.29, 1.82) is 0 Å². The van der Waals surface area contributed by atoms with Crippen LogP contribution in [0.5, 0.6) is 0 Å². The van der Waals surface area contributed by atoms with Crippen molar-refractivity contribution in [3.05, 3.63) is 35.2 Å². The van der Waals surface area contributed by atoms with Crippen molar-refractivity contribution in [2.24, 2.45) is 0 Å². The Morgan fingerprint density at radius 1 is 1.56 bits per heavy atom. The monoisotopic (exact) mass is 263 g/mol. The molecule has 18 heavy (non-hydrogen) atoms. The maximum Gasteiger partial charge on any atom is 0.186 e. The molecule has 0 amide bonds. The molecule has 5 heteroatoms. The fraction of sp³-hybridized carbons (Fsp3) is 0.462. The average Bonchev–Trinajstić information content (AvgIpc) is 2.89. The van der Waals surface area contributed by atoms with Crippen molar-refractivity contribution < 1.29 is 4.42 Å². The van der Waals surface area contributed by atoms with Crippen molar-refractivity contribution in [3.8, 4) is 0 Å². The maximum atomic E-state index is 5.44. The number of anilines is 1. The predicted molar refractivity (Wildman–Crippen MR) is 72.8 cm³/mol. The van der Waals surface area contributed by atoms with Gasteiger partial charge in [0.05, 0.1) is 12.8 Å². The van der Waals surface area contributed by atoms with Crippen LogP contribution in [0.3, 0.4) is 0 Å². The molecule has 0 unspecified atom stereocenters. The number of hydrogen-bond acceptors (Lipinski definition) is 5. The zero-order chi connectivity index (χ0) is 12.4. The first-order valence-corrected chi connectivity index (χ1v) is 7.07. The molecule has 0 aliphatic heterocycles. The van der Waals surface area contributed by atoms with Gasteiger partial charge >= 0.3 is 0 Å². The Balaban J connectivity index is 1.76. The highest BCUT2D eigenvalue weighted by Gasteiger charge is 2.31. The van der Waals surface area contributed by atoms with E-state index >= 15 is 0 Å². The van der Waals surface area contributed by atoms with E-state index < -0.39 is 0 Å². The Labute approximate surface area is 111 Å². The van der Waals surface area contributed by atoms with E-state index in [4.69, 9.17) is 4.42 Å². The highest BCUT2D eigenvalue weighted by atomic mass is 32.1. The number of nitrogens with one attached hydrogen (secondary N) is 1. The van der Waals surface area contributed by atoms with Crippen molar-refractivity contribution in [2.45, 2.75) is 32.0 Å². The van der Waals surface area contributed by atoms with Crippen LogP contribution in [0, 0.1) is 0 Å². The van der Waals surface area contributed by atoms with Crippen molar-refractivity contribution in [1.82, 2.24) is 10.3 Å². The van der Waals surface area contributed by atoms with Gasteiger partial charge in [-0.15, -0.1) is 11.3 Å². The lowest BCUT2D eigenvalue weighted by molar-refractivity contribution is 0.501. The molecule has 1 fully saturated rings. The minimum atomic E-state index is 0.642. The molecule has 1 saturated carbocycles. The summed E-state index contributed by atoms with van der Waals surface area (Å²) >= 11 is 1.77. The molecular formula is C13H17N3OS. The summed E-state index contributed by atoms with van der Waals surface area (Å²) in [7, 11) is 1.96. The van der Waals surface area contributed by atoms with Gasteiger partial charge in [0, 0.05) is 23.7 Å². The van der Waals surface area contributed by atoms with Crippen LogP contribution in [0.4, 0.5) is 5.13 Å². The fourth-order valence-electron chi connectivity index (χ4n) is 2.00. The van der Waals surface area contributed by atoms with Gasteiger partial charge in [0.1, 0.15) is 5.76 Å². The Morgan fingerprint density at radius 3 is 3.11 bits per heavy atom. The summed E-state index contributed by atoms with van der Waals surface area (Å²) in [6.07, 6.45) is 6.23. The second kappa shape index (κ2) is 5.12. The summed E-state index contributed by atoms with van der Waals surface area (Å²) in [4.78, 5) is 8.18. The lowest BCUT2D eigenvalue weighted by atomic mass is 10.4. The molecule has 0 spiro atoms. The number of thiazole rings is 1. The summed E-state index contributed by atoms with van der Waals surface area (Å²) in [6.45, 7) is 1.71. The quantitative estimate of drug-likeness (QED) is 0.870. The van der Waals surface area contributed by atoms with E-state index in [1.165, 1.54) is 17.7 Å². The van der Waals surface area contributed by atoms with Crippen LogP contribution in [-0.4, -0.2) is 18.1 Å². The van der Waals surface area contributed by atoms with E-state index in [1.54, 1.807) is 17.6 Å². The first-order valence-electron chi connectivity index (χ1n) is 6.25. The van der Waals surface area contributed by atoms with Gasteiger partial charge in [-0.25, -0.2) is 4.98 Å². The van der Waals surface area contributed by atoms with Gasteiger partial charge in [-0.3, -0.25) is 0 Å². The van der Waals surface area contributed by atoms with Crippen LogP contribution in [0.15, 0.2) is 29.0 Å². The van der Waals surface area contributed by atoms with Crippen LogP contribution in [-0.2, 0) is 13.1 Å². The number of aromatic nitrogens is 1. The van der Waals surface area contributed by atoms with E-state index in [9.17, 15) is 0 Å². The summed E-state index contributed by atoms with van der Waals surface area (Å²) in [5, 5.41) is 4.27. The van der Waals surface area contributed by atoms with E-state index in [1.807, 2.05) is 25.4 Å². The standard InChI is InChI=1S/C13H17N3OS/c1-14-7-12-8-15-13(18-12)16(10-4-5-10)9-11-3-2-6-17-11/h2-3,6,8,10,14H,4-5,7,9H2,1H3. The highest BCUT2D eigenvalue weighted by Crippen LogP contribution is 2.35. The van der Waals surface area contributed by atoms with Gasteiger partial charge in [0.15, 0.2) is 5.13 Å². The minimum absolute atomic E-state index is 0.642. The predicted octanol–water partition coefficient (Wildman–Crippen LogP) is 2.62. The Morgan fingerprint density at radius 2 is 2.44 bits per heavy atom. The molecule has 1 aliphatic rings. The summed E-state index contributed by atoms with van der Waals surface area (Å²) in [6, 6.07) is 4.61. The van der Waals surface area contributed by atoms with Gasteiger partial charge in [-0.2, -0.15) is 0 Å². The first-order chi connectivity index (χ1) is 8.86. The molecule has 0 bridgehead atoms. The highest BCUT2D eigenvalue weighted by molar-refractivity contribution is 7.15.